The lowest BCUT2D eigenvalue weighted by molar-refractivity contribution is -0.125. The summed E-state index contributed by atoms with van der Waals surface area (Å²) in [5.74, 6) is -0.165. The molecule has 0 saturated carbocycles. The molecule has 24 heavy (non-hydrogen) atoms. The zero-order valence-corrected chi connectivity index (χ0v) is 16.8. The van der Waals surface area contributed by atoms with Crippen molar-refractivity contribution in [2.24, 2.45) is 0 Å². The molecule has 4 nitrogen and oxygen atoms in total. The Morgan fingerprint density at radius 3 is 2.62 bits per heavy atom. The van der Waals surface area contributed by atoms with Crippen molar-refractivity contribution in [1.82, 2.24) is 10.2 Å². The first kappa shape index (κ1) is 17.6. The fourth-order valence-corrected chi connectivity index (χ4v) is 4.43. The van der Waals surface area contributed by atoms with Crippen molar-refractivity contribution in [2.45, 2.75) is 25.4 Å². The molecule has 1 aromatic carbocycles. The van der Waals surface area contributed by atoms with E-state index in [1.807, 2.05) is 23.6 Å². The van der Waals surface area contributed by atoms with E-state index in [4.69, 9.17) is 0 Å². The molecule has 2 amide bonds. The molecule has 1 atom stereocenters. The predicted molar refractivity (Wildman–Crippen MR) is 102 cm³/mol. The van der Waals surface area contributed by atoms with Crippen molar-refractivity contribution in [1.29, 1.82) is 0 Å². The number of rotatable bonds is 4. The van der Waals surface area contributed by atoms with Gasteiger partial charge in [0.2, 0.25) is 5.91 Å². The molecular formula is C17H16Br2N2O2S. The SMILES string of the molecule is O=C(NCc1cc(Br)cs1)C1CCCN1C(=O)c1ccc(Br)cc1. The third-order valence-corrected chi connectivity index (χ3v) is 6.19. The van der Waals surface area contributed by atoms with Crippen LogP contribution in [-0.2, 0) is 11.3 Å². The number of amides is 2. The molecule has 0 spiro atoms. The molecule has 1 unspecified atom stereocenters. The molecule has 0 bridgehead atoms. The summed E-state index contributed by atoms with van der Waals surface area (Å²) in [6.45, 7) is 1.11. The Morgan fingerprint density at radius 2 is 1.96 bits per heavy atom. The first-order valence-electron chi connectivity index (χ1n) is 7.62. The van der Waals surface area contributed by atoms with Crippen molar-refractivity contribution >= 4 is 55.0 Å². The van der Waals surface area contributed by atoms with Gasteiger partial charge in [-0.05, 0) is 59.1 Å². The number of hydrogen-bond donors (Lipinski definition) is 1. The van der Waals surface area contributed by atoms with Crippen molar-refractivity contribution in [2.75, 3.05) is 6.54 Å². The van der Waals surface area contributed by atoms with Gasteiger partial charge in [0.05, 0.1) is 6.54 Å². The van der Waals surface area contributed by atoms with Crippen LogP contribution in [0.2, 0.25) is 0 Å². The van der Waals surface area contributed by atoms with E-state index in [0.717, 1.165) is 20.2 Å². The number of benzene rings is 1. The number of thiophene rings is 1. The van der Waals surface area contributed by atoms with E-state index in [-0.39, 0.29) is 17.9 Å². The minimum Gasteiger partial charge on any atom is -0.349 e. The second-order valence-electron chi connectivity index (χ2n) is 5.61. The van der Waals surface area contributed by atoms with Gasteiger partial charge < -0.3 is 10.2 Å². The van der Waals surface area contributed by atoms with Crippen LogP contribution in [0.4, 0.5) is 0 Å². The molecule has 2 heterocycles. The summed E-state index contributed by atoms with van der Waals surface area (Å²) in [4.78, 5) is 27.9. The Kier molecular flexibility index (Phi) is 5.73. The van der Waals surface area contributed by atoms with Gasteiger partial charge in [0.15, 0.2) is 0 Å². The number of hydrogen-bond acceptors (Lipinski definition) is 3. The lowest BCUT2D eigenvalue weighted by atomic mass is 10.1. The van der Waals surface area contributed by atoms with E-state index in [1.165, 1.54) is 0 Å². The minimum absolute atomic E-state index is 0.0810. The fraction of sp³-hybridized carbons (Fsp3) is 0.294. The largest absolute Gasteiger partial charge is 0.349 e. The average Bonchev–Trinajstić information content (AvgIpc) is 3.21. The Hall–Kier alpha value is -1.18. The number of carbonyl (C=O) groups is 2. The van der Waals surface area contributed by atoms with Crippen LogP contribution in [0.25, 0.3) is 0 Å². The smallest absolute Gasteiger partial charge is 0.254 e. The van der Waals surface area contributed by atoms with Crippen LogP contribution in [0.3, 0.4) is 0 Å². The number of likely N-dealkylation sites (tertiary alicyclic amines) is 1. The van der Waals surface area contributed by atoms with Crippen LogP contribution in [0.15, 0.2) is 44.7 Å². The van der Waals surface area contributed by atoms with Gasteiger partial charge in [-0.2, -0.15) is 0 Å². The van der Waals surface area contributed by atoms with Gasteiger partial charge in [0.25, 0.3) is 5.91 Å². The summed E-state index contributed by atoms with van der Waals surface area (Å²) in [5.41, 5.74) is 0.611. The molecule has 1 aromatic heterocycles. The predicted octanol–water partition coefficient (Wildman–Crippen LogP) is 4.19. The van der Waals surface area contributed by atoms with Crippen molar-refractivity contribution in [3.05, 3.63) is 55.1 Å². The van der Waals surface area contributed by atoms with Gasteiger partial charge in [-0.3, -0.25) is 9.59 Å². The maximum atomic E-state index is 12.7. The summed E-state index contributed by atoms with van der Waals surface area (Å²) >= 11 is 8.37. The lowest BCUT2D eigenvalue weighted by Crippen LogP contribution is -2.45. The molecular weight excluding hydrogens is 456 g/mol. The zero-order valence-electron chi connectivity index (χ0n) is 12.8. The van der Waals surface area contributed by atoms with Crippen LogP contribution in [0.1, 0.15) is 28.1 Å². The molecule has 1 N–H and O–H groups in total. The van der Waals surface area contributed by atoms with Gasteiger partial charge in [0.1, 0.15) is 6.04 Å². The zero-order chi connectivity index (χ0) is 17.1. The first-order chi connectivity index (χ1) is 11.5. The van der Waals surface area contributed by atoms with E-state index in [0.29, 0.717) is 25.1 Å². The molecule has 1 aliphatic heterocycles. The third kappa shape index (κ3) is 4.07. The standard InChI is InChI=1S/C17H16Br2N2O2S/c18-12-5-3-11(4-6-12)17(23)21-7-1-2-15(21)16(22)20-9-14-8-13(19)10-24-14/h3-6,8,10,15H,1-2,7,9H2,(H,20,22). The summed E-state index contributed by atoms with van der Waals surface area (Å²) in [7, 11) is 0. The number of halogens is 2. The van der Waals surface area contributed by atoms with Crippen LogP contribution < -0.4 is 5.32 Å². The molecule has 0 radical (unpaired) electrons. The van der Waals surface area contributed by atoms with Gasteiger partial charge in [-0.15, -0.1) is 11.3 Å². The van der Waals surface area contributed by atoms with Gasteiger partial charge in [-0.25, -0.2) is 0 Å². The number of nitrogens with zero attached hydrogens (tertiary/aromatic N) is 1. The van der Waals surface area contributed by atoms with Crippen molar-refractivity contribution in [3.8, 4) is 0 Å². The van der Waals surface area contributed by atoms with E-state index < -0.39 is 0 Å². The normalized spacial score (nSPS) is 17.1. The highest BCUT2D eigenvalue weighted by molar-refractivity contribution is 9.10. The topological polar surface area (TPSA) is 49.4 Å². The van der Waals surface area contributed by atoms with Crippen LogP contribution in [0, 0.1) is 0 Å². The highest BCUT2D eigenvalue weighted by Crippen LogP contribution is 2.22. The Labute approximate surface area is 161 Å². The van der Waals surface area contributed by atoms with Crippen LogP contribution in [-0.4, -0.2) is 29.3 Å². The van der Waals surface area contributed by atoms with Crippen molar-refractivity contribution in [3.63, 3.8) is 0 Å². The summed E-state index contributed by atoms with van der Waals surface area (Å²) in [6, 6.07) is 8.85. The van der Waals surface area contributed by atoms with Gasteiger partial charge >= 0.3 is 0 Å². The van der Waals surface area contributed by atoms with Gasteiger partial charge in [-0.1, -0.05) is 15.9 Å². The molecule has 3 rings (SSSR count). The maximum Gasteiger partial charge on any atom is 0.254 e. The van der Waals surface area contributed by atoms with Crippen LogP contribution in [0.5, 0.6) is 0 Å². The molecule has 126 valence electrons. The second kappa shape index (κ2) is 7.80. The van der Waals surface area contributed by atoms with Crippen LogP contribution >= 0.6 is 43.2 Å². The first-order valence-corrected chi connectivity index (χ1v) is 10.1. The van der Waals surface area contributed by atoms with E-state index in [2.05, 4.69) is 37.2 Å². The van der Waals surface area contributed by atoms with E-state index in [1.54, 1.807) is 28.4 Å². The highest BCUT2D eigenvalue weighted by atomic mass is 79.9. The minimum atomic E-state index is -0.385. The molecule has 0 aliphatic carbocycles. The summed E-state index contributed by atoms with van der Waals surface area (Å²) in [6.07, 6.45) is 1.56. The lowest BCUT2D eigenvalue weighted by Gasteiger charge is -2.24. The Bertz CT molecular complexity index is 745. The number of nitrogens with one attached hydrogen (secondary N) is 1. The molecule has 1 saturated heterocycles. The second-order valence-corrected chi connectivity index (χ2v) is 8.44. The Balaban J connectivity index is 1.64. The van der Waals surface area contributed by atoms with Crippen molar-refractivity contribution < 1.29 is 9.59 Å². The van der Waals surface area contributed by atoms with Gasteiger partial charge in [0, 0.05) is 31.3 Å². The monoisotopic (exact) mass is 470 g/mol. The van der Waals surface area contributed by atoms with E-state index >= 15 is 0 Å². The number of carbonyl (C=O) groups excluding carboxylic acids is 2. The third-order valence-electron chi connectivity index (χ3n) is 3.97. The summed E-state index contributed by atoms with van der Waals surface area (Å²) < 4.78 is 1.95. The summed E-state index contributed by atoms with van der Waals surface area (Å²) in [5, 5.41) is 4.94. The molecule has 2 aromatic rings. The average molecular weight is 472 g/mol. The van der Waals surface area contributed by atoms with E-state index in [9.17, 15) is 9.59 Å². The fourth-order valence-electron chi connectivity index (χ4n) is 2.78. The Morgan fingerprint density at radius 1 is 1.21 bits per heavy atom. The molecule has 1 fully saturated rings. The molecule has 7 heteroatoms. The quantitative estimate of drug-likeness (QED) is 0.726. The maximum absolute atomic E-state index is 12.7. The highest BCUT2D eigenvalue weighted by Gasteiger charge is 2.34. The molecule has 1 aliphatic rings.